The van der Waals surface area contributed by atoms with Crippen LogP contribution in [-0.4, -0.2) is 24.9 Å². The number of alkyl halides is 2. The molecule has 0 aliphatic carbocycles. The minimum atomic E-state index is -3.65. The van der Waals surface area contributed by atoms with Gasteiger partial charge < -0.3 is 20.3 Å². The zero-order valence-corrected chi connectivity index (χ0v) is 8.11. The van der Waals surface area contributed by atoms with Gasteiger partial charge in [-0.2, -0.15) is 0 Å². The van der Waals surface area contributed by atoms with Crippen molar-refractivity contribution < 1.29 is 23.4 Å². The number of ether oxygens (including phenoxy) is 2. The average Bonchev–Trinajstić information content (AvgIpc) is 2.34. The first-order valence-electron chi connectivity index (χ1n) is 4.44. The Labute approximate surface area is 91.4 Å². The Morgan fingerprint density at radius 1 is 1.38 bits per heavy atom. The van der Waals surface area contributed by atoms with Gasteiger partial charge in [-0.1, -0.05) is 6.07 Å². The van der Waals surface area contributed by atoms with Crippen molar-refractivity contribution in [2.45, 2.75) is 18.3 Å². The lowest BCUT2D eigenvalue weighted by Crippen LogP contribution is -2.42. The third-order valence-corrected chi connectivity index (χ3v) is 1.95. The molecule has 1 atom stereocenters. The van der Waals surface area contributed by atoms with Crippen molar-refractivity contribution in [3.05, 3.63) is 23.8 Å². The van der Waals surface area contributed by atoms with Crippen LogP contribution in [0.3, 0.4) is 0 Å². The molecular formula is C9H8BF2NO3. The van der Waals surface area contributed by atoms with Gasteiger partial charge in [0.05, 0.1) is 5.62 Å². The van der Waals surface area contributed by atoms with Crippen LogP contribution >= 0.6 is 0 Å². The third-order valence-electron chi connectivity index (χ3n) is 1.95. The van der Waals surface area contributed by atoms with Crippen molar-refractivity contribution in [3.63, 3.8) is 0 Å². The molecule has 2 rings (SSSR count). The summed E-state index contributed by atoms with van der Waals surface area (Å²) in [6, 6.07) is 4.06. The Kier molecular flexibility index (Phi) is 2.32. The van der Waals surface area contributed by atoms with E-state index in [0.29, 0.717) is 5.56 Å². The van der Waals surface area contributed by atoms with Gasteiger partial charge in [0.15, 0.2) is 11.5 Å². The Hall–Kier alpha value is -1.34. The maximum atomic E-state index is 12.7. The van der Waals surface area contributed by atoms with Crippen molar-refractivity contribution in [2.24, 2.45) is 5.73 Å². The number of benzene rings is 1. The van der Waals surface area contributed by atoms with Crippen molar-refractivity contribution >= 4 is 7.85 Å². The second kappa shape index (κ2) is 3.33. The molecule has 0 aromatic heterocycles. The molecule has 1 unspecified atom stereocenters. The van der Waals surface area contributed by atoms with Crippen LogP contribution < -0.4 is 15.2 Å². The van der Waals surface area contributed by atoms with Gasteiger partial charge in [-0.25, -0.2) is 0 Å². The number of fused-ring (bicyclic) bond motifs is 1. The minimum absolute atomic E-state index is 0.0636. The number of nitrogens with two attached hydrogens (primary N) is 1. The second-order valence-corrected chi connectivity index (χ2v) is 3.62. The van der Waals surface area contributed by atoms with E-state index in [9.17, 15) is 8.78 Å². The fraction of sp³-hybridized carbons (Fsp3) is 0.333. The minimum Gasteiger partial charge on any atom is -0.395 e. The molecule has 1 aromatic carbocycles. The summed E-state index contributed by atoms with van der Waals surface area (Å²) in [5.74, 6) is -0.168. The molecular weight excluding hydrogens is 219 g/mol. The SMILES string of the molecule is [B]C(N)(O)Cc1ccc2c(c1)OC(F)(F)O2. The largest absolute Gasteiger partial charge is 0.586 e. The van der Waals surface area contributed by atoms with Crippen LogP contribution in [0.25, 0.3) is 0 Å². The molecule has 1 aliphatic rings. The van der Waals surface area contributed by atoms with E-state index < -0.39 is 11.9 Å². The van der Waals surface area contributed by atoms with Gasteiger partial charge in [-0.3, -0.25) is 0 Å². The lowest BCUT2D eigenvalue weighted by Gasteiger charge is -2.17. The second-order valence-electron chi connectivity index (χ2n) is 3.62. The van der Waals surface area contributed by atoms with Crippen LogP contribution in [0.4, 0.5) is 8.78 Å². The highest BCUT2D eigenvalue weighted by Crippen LogP contribution is 2.41. The zero-order valence-electron chi connectivity index (χ0n) is 8.11. The van der Waals surface area contributed by atoms with Gasteiger partial charge >= 0.3 is 6.29 Å². The molecule has 1 aliphatic heterocycles. The summed E-state index contributed by atoms with van der Waals surface area (Å²) in [4.78, 5) is 0. The Morgan fingerprint density at radius 3 is 2.62 bits per heavy atom. The monoisotopic (exact) mass is 227 g/mol. The van der Waals surface area contributed by atoms with E-state index in [-0.39, 0.29) is 17.9 Å². The molecule has 1 heterocycles. The summed E-state index contributed by atoms with van der Waals surface area (Å²) in [6.07, 6.45) is -3.74. The first-order valence-corrected chi connectivity index (χ1v) is 4.44. The van der Waals surface area contributed by atoms with Crippen LogP contribution in [0, 0.1) is 0 Å². The zero-order chi connectivity index (χ0) is 12.0. The summed E-state index contributed by atoms with van der Waals surface area (Å²) >= 11 is 0. The normalized spacial score (nSPS) is 20.5. The molecule has 3 N–H and O–H groups in total. The summed E-state index contributed by atoms with van der Waals surface area (Å²) < 4.78 is 33.8. The van der Waals surface area contributed by atoms with Crippen molar-refractivity contribution in [3.8, 4) is 11.5 Å². The van der Waals surface area contributed by atoms with Crippen LogP contribution in [0.15, 0.2) is 18.2 Å². The summed E-state index contributed by atoms with van der Waals surface area (Å²) in [5.41, 5.74) is 3.75. The molecule has 84 valence electrons. The number of rotatable bonds is 2. The van der Waals surface area contributed by atoms with Crippen molar-refractivity contribution in [1.82, 2.24) is 0 Å². The molecule has 7 heteroatoms. The molecule has 0 spiro atoms. The van der Waals surface area contributed by atoms with Gasteiger partial charge in [0.1, 0.15) is 7.85 Å². The Morgan fingerprint density at radius 2 is 2.00 bits per heavy atom. The average molecular weight is 227 g/mol. The summed E-state index contributed by atoms with van der Waals surface area (Å²) in [5, 5.41) is 9.16. The van der Waals surface area contributed by atoms with Gasteiger partial charge in [0.2, 0.25) is 0 Å². The summed E-state index contributed by atoms with van der Waals surface area (Å²) in [7, 11) is 5.18. The third kappa shape index (κ3) is 2.42. The van der Waals surface area contributed by atoms with Crippen LogP contribution in [0.1, 0.15) is 5.56 Å². The lowest BCUT2D eigenvalue weighted by atomic mass is 9.86. The smallest absolute Gasteiger partial charge is 0.395 e. The number of halogens is 2. The van der Waals surface area contributed by atoms with E-state index in [1.165, 1.54) is 18.2 Å². The van der Waals surface area contributed by atoms with Crippen LogP contribution in [-0.2, 0) is 6.42 Å². The van der Waals surface area contributed by atoms with Gasteiger partial charge in [0.25, 0.3) is 0 Å². The fourth-order valence-electron chi connectivity index (χ4n) is 1.43. The number of aliphatic hydroxyl groups is 1. The van der Waals surface area contributed by atoms with Crippen molar-refractivity contribution in [1.29, 1.82) is 0 Å². The molecule has 0 saturated heterocycles. The highest BCUT2D eigenvalue weighted by atomic mass is 19.3. The highest BCUT2D eigenvalue weighted by molar-refractivity contribution is 6.13. The first kappa shape index (κ1) is 11.2. The highest BCUT2D eigenvalue weighted by Gasteiger charge is 2.43. The maximum absolute atomic E-state index is 12.7. The predicted molar refractivity (Wildman–Crippen MR) is 51.2 cm³/mol. The van der Waals surface area contributed by atoms with E-state index in [1.807, 2.05) is 0 Å². The van der Waals surface area contributed by atoms with E-state index in [1.54, 1.807) is 0 Å². The Bertz CT molecular complexity index is 420. The molecule has 4 nitrogen and oxygen atoms in total. The Balaban J connectivity index is 2.23. The van der Waals surface area contributed by atoms with E-state index in [2.05, 4.69) is 9.47 Å². The number of hydrogen-bond donors (Lipinski definition) is 2. The van der Waals surface area contributed by atoms with Gasteiger partial charge in [-0.05, 0) is 17.7 Å². The van der Waals surface area contributed by atoms with Gasteiger partial charge in [0, 0.05) is 6.42 Å². The van der Waals surface area contributed by atoms with Crippen molar-refractivity contribution in [2.75, 3.05) is 0 Å². The molecule has 1 aromatic rings. The lowest BCUT2D eigenvalue weighted by molar-refractivity contribution is -0.286. The van der Waals surface area contributed by atoms with Crippen LogP contribution in [0.5, 0.6) is 11.5 Å². The molecule has 0 amide bonds. The quantitative estimate of drug-likeness (QED) is 0.564. The van der Waals surface area contributed by atoms with E-state index in [4.69, 9.17) is 18.7 Å². The first-order chi connectivity index (χ1) is 7.25. The predicted octanol–water partition coefficient (Wildman–Crippen LogP) is 0.324. The summed E-state index contributed by atoms with van der Waals surface area (Å²) in [6.45, 7) is 0. The van der Waals surface area contributed by atoms with Crippen LogP contribution in [0.2, 0.25) is 0 Å². The van der Waals surface area contributed by atoms with Gasteiger partial charge in [-0.15, -0.1) is 8.78 Å². The maximum Gasteiger partial charge on any atom is 0.586 e. The molecule has 0 saturated carbocycles. The topological polar surface area (TPSA) is 64.7 Å². The standard InChI is InChI=1S/C9H8BF2NO3/c10-8(13,14)4-5-1-2-6-7(3-5)16-9(11,12)15-6/h1-3,14H,4,13H2. The molecule has 16 heavy (non-hydrogen) atoms. The van der Waals surface area contributed by atoms with E-state index in [0.717, 1.165) is 0 Å². The molecule has 0 bridgehead atoms. The molecule has 0 fully saturated rings. The van der Waals surface area contributed by atoms with E-state index >= 15 is 0 Å². The number of hydrogen-bond acceptors (Lipinski definition) is 4. The molecule has 2 radical (unpaired) electrons. The fourth-order valence-corrected chi connectivity index (χ4v) is 1.43.